The van der Waals surface area contributed by atoms with Crippen molar-refractivity contribution in [2.24, 2.45) is 0 Å². The Kier molecular flexibility index (Phi) is 6.04. The lowest BCUT2D eigenvalue weighted by atomic mass is 10.0. The fourth-order valence-electron chi connectivity index (χ4n) is 2.54. The number of hydrogen-bond donors (Lipinski definition) is 0. The second-order valence-electron chi connectivity index (χ2n) is 6.62. The Balaban J connectivity index is 1.87. The van der Waals surface area contributed by atoms with Gasteiger partial charge >= 0.3 is 12.1 Å². The maximum absolute atomic E-state index is 12.3. The summed E-state index contributed by atoms with van der Waals surface area (Å²) < 4.78 is 11.0. The van der Waals surface area contributed by atoms with E-state index in [0.717, 1.165) is 32.2 Å². The largest absolute Gasteiger partial charge is 0.463 e. The molecular weight excluding hydrogens is 318 g/mol. The van der Waals surface area contributed by atoms with Crippen LogP contribution in [0.3, 0.4) is 0 Å². The summed E-state index contributed by atoms with van der Waals surface area (Å²) >= 11 is 5.80. The molecule has 0 radical (unpaired) electrons. The molecule has 1 aliphatic heterocycles. The van der Waals surface area contributed by atoms with Crippen LogP contribution in [-0.2, 0) is 4.74 Å². The molecule has 0 saturated carbocycles. The monoisotopic (exact) mass is 341 g/mol. The SMILES string of the molecule is CC(C)(C)OC(=O)N1CCCC[C@@H]1CCOc1nccc(Cl)n1. The van der Waals surface area contributed by atoms with Crippen LogP contribution in [0.15, 0.2) is 12.3 Å². The highest BCUT2D eigenvalue weighted by Crippen LogP contribution is 2.22. The van der Waals surface area contributed by atoms with Gasteiger partial charge in [-0.2, -0.15) is 4.98 Å². The molecule has 0 spiro atoms. The van der Waals surface area contributed by atoms with E-state index < -0.39 is 5.60 Å². The summed E-state index contributed by atoms with van der Waals surface area (Å²) in [7, 11) is 0. The van der Waals surface area contributed by atoms with Crippen LogP contribution in [0.25, 0.3) is 0 Å². The first kappa shape index (κ1) is 17.8. The predicted molar refractivity (Wildman–Crippen MR) is 87.7 cm³/mol. The predicted octanol–water partition coefficient (Wildman–Crippen LogP) is 3.69. The van der Waals surface area contributed by atoms with Crippen molar-refractivity contribution in [3.8, 4) is 6.01 Å². The Morgan fingerprint density at radius 1 is 1.43 bits per heavy atom. The quantitative estimate of drug-likeness (QED) is 0.781. The highest BCUT2D eigenvalue weighted by Gasteiger charge is 2.30. The summed E-state index contributed by atoms with van der Waals surface area (Å²) in [6.45, 7) is 6.80. The van der Waals surface area contributed by atoms with Gasteiger partial charge in [0.2, 0.25) is 0 Å². The van der Waals surface area contributed by atoms with Crippen LogP contribution >= 0.6 is 11.6 Å². The van der Waals surface area contributed by atoms with Gasteiger partial charge in [-0.25, -0.2) is 9.78 Å². The van der Waals surface area contributed by atoms with E-state index in [2.05, 4.69) is 9.97 Å². The molecule has 0 bridgehead atoms. The molecule has 1 aromatic rings. The van der Waals surface area contributed by atoms with Crippen molar-refractivity contribution in [3.05, 3.63) is 17.4 Å². The molecule has 1 amide bonds. The maximum Gasteiger partial charge on any atom is 0.410 e. The highest BCUT2D eigenvalue weighted by atomic mass is 35.5. The molecule has 0 N–H and O–H groups in total. The molecule has 128 valence electrons. The number of aromatic nitrogens is 2. The lowest BCUT2D eigenvalue weighted by Gasteiger charge is -2.36. The lowest BCUT2D eigenvalue weighted by Crippen LogP contribution is -2.46. The molecule has 1 aliphatic rings. The van der Waals surface area contributed by atoms with E-state index in [9.17, 15) is 4.79 Å². The van der Waals surface area contributed by atoms with Crippen molar-refractivity contribution in [2.45, 2.75) is 58.1 Å². The van der Waals surface area contributed by atoms with Crippen molar-refractivity contribution < 1.29 is 14.3 Å². The van der Waals surface area contributed by atoms with Crippen LogP contribution in [0.1, 0.15) is 46.5 Å². The number of ether oxygens (including phenoxy) is 2. The fourth-order valence-corrected chi connectivity index (χ4v) is 2.67. The van der Waals surface area contributed by atoms with Crippen molar-refractivity contribution >= 4 is 17.7 Å². The van der Waals surface area contributed by atoms with Gasteiger partial charge in [0.15, 0.2) is 0 Å². The van der Waals surface area contributed by atoms with Gasteiger partial charge in [-0.15, -0.1) is 0 Å². The molecule has 1 saturated heterocycles. The summed E-state index contributed by atoms with van der Waals surface area (Å²) in [6, 6.07) is 1.98. The Morgan fingerprint density at radius 3 is 2.91 bits per heavy atom. The third kappa shape index (κ3) is 5.86. The number of amides is 1. The standard InChI is InChI=1S/C16H24ClN3O3/c1-16(2,3)23-15(21)20-10-5-4-6-12(20)8-11-22-14-18-9-7-13(17)19-14/h7,9,12H,4-6,8,10-11H2,1-3H3/t12-/m1/s1. The first-order valence-corrected chi connectivity index (χ1v) is 8.34. The minimum atomic E-state index is -0.482. The third-order valence-corrected chi connectivity index (χ3v) is 3.75. The number of piperidine rings is 1. The fraction of sp³-hybridized carbons (Fsp3) is 0.688. The van der Waals surface area contributed by atoms with Gasteiger partial charge in [0.1, 0.15) is 10.8 Å². The van der Waals surface area contributed by atoms with Gasteiger partial charge in [0.05, 0.1) is 6.61 Å². The number of halogens is 1. The second kappa shape index (κ2) is 7.81. The number of hydrogen-bond acceptors (Lipinski definition) is 5. The van der Waals surface area contributed by atoms with E-state index in [1.807, 2.05) is 25.7 Å². The van der Waals surface area contributed by atoms with E-state index >= 15 is 0 Å². The van der Waals surface area contributed by atoms with Crippen LogP contribution in [0, 0.1) is 0 Å². The first-order valence-electron chi connectivity index (χ1n) is 7.96. The van der Waals surface area contributed by atoms with E-state index in [-0.39, 0.29) is 18.1 Å². The molecule has 1 aromatic heterocycles. The van der Waals surface area contributed by atoms with Gasteiger partial charge in [-0.1, -0.05) is 11.6 Å². The number of rotatable bonds is 4. The molecule has 2 heterocycles. The minimum Gasteiger partial charge on any atom is -0.463 e. The van der Waals surface area contributed by atoms with Gasteiger partial charge in [0, 0.05) is 25.2 Å². The normalized spacial score (nSPS) is 18.6. The zero-order valence-corrected chi connectivity index (χ0v) is 14.7. The summed E-state index contributed by atoms with van der Waals surface area (Å²) in [5.74, 6) is 0. The third-order valence-electron chi connectivity index (χ3n) is 3.54. The molecule has 0 aromatic carbocycles. The number of likely N-dealkylation sites (tertiary alicyclic amines) is 1. The smallest absolute Gasteiger partial charge is 0.410 e. The minimum absolute atomic E-state index is 0.123. The molecule has 1 atom stereocenters. The van der Waals surface area contributed by atoms with Crippen LogP contribution < -0.4 is 4.74 Å². The zero-order valence-electron chi connectivity index (χ0n) is 13.9. The van der Waals surface area contributed by atoms with Crippen LogP contribution in [0.4, 0.5) is 4.79 Å². The number of carbonyl (C=O) groups is 1. The van der Waals surface area contributed by atoms with Crippen molar-refractivity contribution in [3.63, 3.8) is 0 Å². The average molecular weight is 342 g/mol. The van der Waals surface area contributed by atoms with Crippen LogP contribution in [-0.4, -0.2) is 45.8 Å². The molecule has 0 aliphatic carbocycles. The average Bonchev–Trinajstić information content (AvgIpc) is 2.46. The summed E-state index contributed by atoms with van der Waals surface area (Å²) in [5, 5.41) is 0.350. The summed E-state index contributed by atoms with van der Waals surface area (Å²) in [5.41, 5.74) is -0.482. The topological polar surface area (TPSA) is 64.5 Å². The van der Waals surface area contributed by atoms with Gasteiger partial charge in [-0.3, -0.25) is 0 Å². The summed E-state index contributed by atoms with van der Waals surface area (Å²) in [4.78, 5) is 22.1. The van der Waals surface area contributed by atoms with Crippen molar-refractivity contribution in [1.29, 1.82) is 0 Å². The second-order valence-corrected chi connectivity index (χ2v) is 7.01. The van der Waals surface area contributed by atoms with Gasteiger partial charge < -0.3 is 14.4 Å². The lowest BCUT2D eigenvalue weighted by molar-refractivity contribution is 0.00732. The molecule has 6 nitrogen and oxygen atoms in total. The van der Waals surface area contributed by atoms with Crippen molar-refractivity contribution in [2.75, 3.05) is 13.2 Å². The Labute approximate surface area is 142 Å². The Bertz CT molecular complexity index is 534. The number of nitrogens with zero attached hydrogens (tertiary/aromatic N) is 3. The van der Waals surface area contributed by atoms with Crippen LogP contribution in [0.2, 0.25) is 5.15 Å². The van der Waals surface area contributed by atoms with E-state index in [1.165, 1.54) is 0 Å². The Morgan fingerprint density at radius 2 is 2.22 bits per heavy atom. The highest BCUT2D eigenvalue weighted by molar-refractivity contribution is 6.29. The molecule has 23 heavy (non-hydrogen) atoms. The van der Waals surface area contributed by atoms with Gasteiger partial charge in [0.25, 0.3) is 0 Å². The molecule has 7 heteroatoms. The first-order chi connectivity index (χ1) is 10.8. The zero-order chi connectivity index (χ0) is 16.9. The molecule has 1 fully saturated rings. The number of carbonyl (C=O) groups excluding carboxylic acids is 1. The summed E-state index contributed by atoms with van der Waals surface area (Å²) in [6.07, 6.45) is 5.10. The van der Waals surface area contributed by atoms with E-state index in [4.69, 9.17) is 21.1 Å². The molecule has 2 rings (SSSR count). The van der Waals surface area contributed by atoms with Crippen LogP contribution in [0.5, 0.6) is 6.01 Å². The van der Waals surface area contributed by atoms with E-state index in [0.29, 0.717) is 11.8 Å². The molecular formula is C16H24ClN3O3. The Hall–Kier alpha value is -1.56. The van der Waals surface area contributed by atoms with E-state index in [1.54, 1.807) is 12.3 Å². The maximum atomic E-state index is 12.3. The van der Waals surface area contributed by atoms with Crippen molar-refractivity contribution in [1.82, 2.24) is 14.9 Å². The molecule has 0 unspecified atom stereocenters. The van der Waals surface area contributed by atoms with Gasteiger partial charge in [-0.05, 0) is 46.1 Å².